The second-order valence-corrected chi connectivity index (χ2v) is 4.42. The van der Waals surface area contributed by atoms with E-state index in [4.69, 9.17) is 16.0 Å². The van der Waals surface area contributed by atoms with Crippen molar-refractivity contribution in [1.29, 1.82) is 0 Å². The molecule has 1 heterocycles. The van der Waals surface area contributed by atoms with Crippen LogP contribution in [0.1, 0.15) is 30.7 Å². The Labute approximate surface area is 107 Å². The van der Waals surface area contributed by atoms with Gasteiger partial charge in [0.25, 0.3) is 0 Å². The van der Waals surface area contributed by atoms with Gasteiger partial charge in [-0.25, -0.2) is 0 Å². The molecule has 1 N–H and O–H groups in total. The second kappa shape index (κ2) is 5.89. The Morgan fingerprint density at radius 2 is 2.00 bits per heavy atom. The van der Waals surface area contributed by atoms with E-state index >= 15 is 0 Å². The van der Waals surface area contributed by atoms with E-state index in [2.05, 4.69) is 12.2 Å². The van der Waals surface area contributed by atoms with Crippen molar-refractivity contribution in [1.82, 2.24) is 5.32 Å². The van der Waals surface area contributed by atoms with Gasteiger partial charge in [-0.05, 0) is 36.2 Å². The van der Waals surface area contributed by atoms with Gasteiger partial charge in [-0.3, -0.25) is 0 Å². The largest absolute Gasteiger partial charge is 0.468 e. The first-order valence-electron chi connectivity index (χ1n) is 5.81. The molecule has 0 spiro atoms. The summed E-state index contributed by atoms with van der Waals surface area (Å²) in [6.45, 7) is 2.96. The van der Waals surface area contributed by atoms with Crippen LogP contribution in [0.5, 0.6) is 0 Å². The van der Waals surface area contributed by atoms with Crippen LogP contribution < -0.4 is 5.32 Å². The molecule has 0 fully saturated rings. The van der Waals surface area contributed by atoms with Gasteiger partial charge in [-0.2, -0.15) is 0 Å². The zero-order chi connectivity index (χ0) is 12.1. The Balaban J connectivity index is 1.94. The normalized spacial score (nSPS) is 12.6. The van der Waals surface area contributed by atoms with Gasteiger partial charge in [0, 0.05) is 11.6 Å². The fraction of sp³-hybridized carbons (Fsp3) is 0.286. The minimum absolute atomic E-state index is 0.265. The molecule has 0 radical (unpaired) electrons. The monoisotopic (exact) mass is 249 g/mol. The van der Waals surface area contributed by atoms with Gasteiger partial charge >= 0.3 is 0 Å². The van der Waals surface area contributed by atoms with Gasteiger partial charge < -0.3 is 9.73 Å². The summed E-state index contributed by atoms with van der Waals surface area (Å²) in [5, 5.41) is 4.24. The third kappa shape index (κ3) is 3.35. The van der Waals surface area contributed by atoms with E-state index in [1.807, 2.05) is 36.4 Å². The fourth-order valence-electron chi connectivity index (χ4n) is 1.78. The van der Waals surface area contributed by atoms with Crippen molar-refractivity contribution in [2.75, 3.05) is 0 Å². The van der Waals surface area contributed by atoms with Crippen molar-refractivity contribution in [2.24, 2.45) is 0 Å². The molecule has 3 heteroatoms. The highest BCUT2D eigenvalue weighted by Gasteiger charge is 2.10. The van der Waals surface area contributed by atoms with Crippen LogP contribution in [-0.4, -0.2) is 0 Å². The van der Waals surface area contributed by atoms with Crippen LogP contribution in [0.2, 0.25) is 5.02 Å². The van der Waals surface area contributed by atoms with Gasteiger partial charge in [-0.15, -0.1) is 0 Å². The maximum atomic E-state index is 5.85. The van der Waals surface area contributed by atoms with Crippen molar-refractivity contribution in [2.45, 2.75) is 25.9 Å². The highest BCUT2D eigenvalue weighted by atomic mass is 35.5. The van der Waals surface area contributed by atoms with Crippen LogP contribution in [-0.2, 0) is 6.54 Å². The molecule has 2 nitrogen and oxygen atoms in total. The third-order valence-electron chi connectivity index (χ3n) is 2.76. The lowest BCUT2D eigenvalue weighted by molar-refractivity contribution is 0.403. The standard InChI is InChI=1S/C14H16ClNO/c1-2-13(14-4-3-9-17-14)16-10-11-5-7-12(15)8-6-11/h3-9,13,16H,2,10H2,1H3. The summed E-state index contributed by atoms with van der Waals surface area (Å²) in [6, 6.07) is 12.1. The summed E-state index contributed by atoms with van der Waals surface area (Å²) in [6.07, 6.45) is 2.71. The molecule has 0 bridgehead atoms. The average molecular weight is 250 g/mol. The summed E-state index contributed by atoms with van der Waals surface area (Å²) >= 11 is 5.85. The van der Waals surface area contributed by atoms with Gasteiger partial charge in [0.15, 0.2) is 0 Å². The van der Waals surface area contributed by atoms with Crippen molar-refractivity contribution in [3.8, 4) is 0 Å². The molecule has 17 heavy (non-hydrogen) atoms. The van der Waals surface area contributed by atoms with Crippen LogP contribution in [0.25, 0.3) is 0 Å². The smallest absolute Gasteiger partial charge is 0.120 e. The first-order chi connectivity index (χ1) is 8.29. The van der Waals surface area contributed by atoms with Crippen LogP contribution in [0, 0.1) is 0 Å². The molecule has 2 rings (SSSR count). The highest BCUT2D eigenvalue weighted by Crippen LogP contribution is 2.18. The number of benzene rings is 1. The number of hydrogen-bond donors (Lipinski definition) is 1. The molecule has 0 amide bonds. The van der Waals surface area contributed by atoms with Gasteiger partial charge in [0.1, 0.15) is 5.76 Å². The summed E-state index contributed by atoms with van der Waals surface area (Å²) in [4.78, 5) is 0. The van der Waals surface area contributed by atoms with Crippen LogP contribution in [0.15, 0.2) is 47.1 Å². The SMILES string of the molecule is CCC(NCc1ccc(Cl)cc1)c1ccco1. The Morgan fingerprint density at radius 1 is 1.24 bits per heavy atom. The summed E-state index contributed by atoms with van der Waals surface area (Å²) < 4.78 is 5.41. The summed E-state index contributed by atoms with van der Waals surface area (Å²) in [5.41, 5.74) is 1.22. The zero-order valence-electron chi connectivity index (χ0n) is 9.82. The predicted octanol–water partition coefficient (Wildman–Crippen LogP) is 4.17. The van der Waals surface area contributed by atoms with E-state index in [1.165, 1.54) is 5.56 Å². The molecule has 0 aliphatic heterocycles. The van der Waals surface area contributed by atoms with Crippen LogP contribution in [0.3, 0.4) is 0 Å². The van der Waals surface area contributed by atoms with Crippen molar-refractivity contribution >= 4 is 11.6 Å². The predicted molar refractivity (Wildman–Crippen MR) is 70.0 cm³/mol. The van der Waals surface area contributed by atoms with Gasteiger partial charge in [-0.1, -0.05) is 30.7 Å². The van der Waals surface area contributed by atoms with Crippen LogP contribution >= 0.6 is 11.6 Å². The molecule has 0 aliphatic carbocycles. The minimum Gasteiger partial charge on any atom is -0.468 e. The lowest BCUT2D eigenvalue weighted by atomic mass is 10.1. The maximum absolute atomic E-state index is 5.85. The van der Waals surface area contributed by atoms with Gasteiger partial charge in [0.05, 0.1) is 12.3 Å². The molecule has 1 atom stereocenters. The fourth-order valence-corrected chi connectivity index (χ4v) is 1.90. The van der Waals surface area contributed by atoms with Crippen molar-refractivity contribution in [3.63, 3.8) is 0 Å². The first kappa shape index (κ1) is 12.2. The molecule has 0 aliphatic rings. The third-order valence-corrected chi connectivity index (χ3v) is 3.01. The number of rotatable bonds is 5. The van der Waals surface area contributed by atoms with E-state index < -0.39 is 0 Å². The van der Waals surface area contributed by atoms with Gasteiger partial charge in [0.2, 0.25) is 0 Å². The molecular weight excluding hydrogens is 234 g/mol. The van der Waals surface area contributed by atoms with E-state index in [1.54, 1.807) is 6.26 Å². The molecular formula is C14H16ClNO. The molecule has 1 aromatic carbocycles. The lowest BCUT2D eigenvalue weighted by Gasteiger charge is -2.14. The summed E-state index contributed by atoms with van der Waals surface area (Å²) in [5.74, 6) is 0.987. The molecule has 0 saturated carbocycles. The van der Waals surface area contributed by atoms with Crippen LogP contribution in [0.4, 0.5) is 0 Å². The number of hydrogen-bond acceptors (Lipinski definition) is 2. The summed E-state index contributed by atoms with van der Waals surface area (Å²) in [7, 11) is 0. The Morgan fingerprint density at radius 3 is 2.59 bits per heavy atom. The minimum atomic E-state index is 0.265. The number of nitrogens with one attached hydrogen (secondary N) is 1. The van der Waals surface area contributed by atoms with E-state index in [0.717, 1.165) is 23.7 Å². The molecule has 1 aromatic heterocycles. The van der Waals surface area contributed by atoms with E-state index in [0.29, 0.717) is 0 Å². The molecule has 2 aromatic rings. The quantitative estimate of drug-likeness (QED) is 0.860. The number of halogens is 1. The maximum Gasteiger partial charge on any atom is 0.120 e. The van der Waals surface area contributed by atoms with E-state index in [-0.39, 0.29) is 6.04 Å². The van der Waals surface area contributed by atoms with Crippen molar-refractivity contribution < 1.29 is 4.42 Å². The first-order valence-corrected chi connectivity index (χ1v) is 6.18. The molecule has 90 valence electrons. The second-order valence-electron chi connectivity index (χ2n) is 3.98. The Kier molecular flexibility index (Phi) is 4.24. The highest BCUT2D eigenvalue weighted by molar-refractivity contribution is 6.30. The number of furan rings is 1. The average Bonchev–Trinajstić information content (AvgIpc) is 2.86. The Bertz CT molecular complexity index is 436. The lowest BCUT2D eigenvalue weighted by Crippen LogP contribution is -2.19. The molecule has 1 unspecified atom stereocenters. The Hall–Kier alpha value is -1.25. The molecule has 0 saturated heterocycles. The zero-order valence-corrected chi connectivity index (χ0v) is 10.6. The van der Waals surface area contributed by atoms with Crippen molar-refractivity contribution in [3.05, 3.63) is 59.0 Å². The van der Waals surface area contributed by atoms with E-state index in [9.17, 15) is 0 Å². The topological polar surface area (TPSA) is 25.2 Å².